The van der Waals surface area contributed by atoms with Crippen LogP contribution in [0.5, 0.6) is 0 Å². The van der Waals surface area contributed by atoms with E-state index in [-0.39, 0.29) is 5.92 Å². The van der Waals surface area contributed by atoms with Gasteiger partial charge in [0.25, 0.3) is 0 Å². The van der Waals surface area contributed by atoms with E-state index in [9.17, 15) is 9.59 Å². The van der Waals surface area contributed by atoms with Crippen LogP contribution in [0, 0.1) is 5.92 Å². The van der Waals surface area contributed by atoms with Gasteiger partial charge in [0.05, 0.1) is 0 Å². The third-order valence-corrected chi connectivity index (χ3v) is 1.60. The van der Waals surface area contributed by atoms with Gasteiger partial charge in [0, 0.05) is 0 Å². The van der Waals surface area contributed by atoms with Gasteiger partial charge in [-0.15, -0.1) is 0 Å². The molecule has 0 aliphatic heterocycles. The predicted octanol–water partition coefficient (Wildman–Crippen LogP) is 1.62. The van der Waals surface area contributed by atoms with Crippen molar-refractivity contribution in [2.75, 3.05) is 0 Å². The lowest BCUT2D eigenvalue weighted by Crippen LogP contribution is -2.46. The Balaban J connectivity index is 4.31. The van der Waals surface area contributed by atoms with E-state index in [0.717, 1.165) is 0 Å². The normalized spacial score (nSPS) is 13.5. The maximum atomic E-state index is 11.3. The molecule has 0 aromatic rings. The first-order valence-corrected chi connectivity index (χ1v) is 4.86. The Morgan fingerprint density at radius 1 is 1.27 bits per heavy atom. The molecule has 0 aromatic carbocycles. The molecule has 5 heteroatoms. The summed E-state index contributed by atoms with van der Waals surface area (Å²) in [6, 6.07) is -0.917. The third kappa shape index (κ3) is 5.93. The summed E-state index contributed by atoms with van der Waals surface area (Å²) >= 11 is 0. The first-order valence-electron chi connectivity index (χ1n) is 4.86. The Morgan fingerprint density at radius 3 is 2.00 bits per heavy atom. The Morgan fingerprint density at radius 2 is 1.73 bits per heavy atom. The Hall–Kier alpha value is -1.26. The summed E-state index contributed by atoms with van der Waals surface area (Å²) in [5.41, 5.74) is -0.621. The lowest BCUT2D eigenvalue weighted by Gasteiger charge is -2.23. The second-order valence-corrected chi connectivity index (χ2v) is 4.71. The van der Waals surface area contributed by atoms with Crippen LogP contribution in [0.3, 0.4) is 0 Å². The number of rotatable bonds is 3. The molecular formula is C10H19NO4. The van der Waals surface area contributed by atoms with Crippen molar-refractivity contribution in [3.63, 3.8) is 0 Å². The summed E-state index contributed by atoms with van der Waals surface area (Å²) in [4.78, 5) is 22.1. The second-order valence-electron chi connectivity index (χ2n) is 4.71. The van der Waals surface area contributed by atoms with Crippen LogP contribution in [0.25, 0.3) is 0 Å². The van der Waals surface area contributed by atoms with Crippen molar-refractivity contribution in [3.8, 4) is 0 Å². The largest absolute Gasteiger partial charge is 0.480 e. The van der Waals surface area contributed by atoms with Crippen molar-refractivity contribution >= 4 is 12.1 Å². The van der Waals surface area contributed by atoms with Gasteiger partial charge in [-0.3, -0.25) is 0 Å². The highest BCUT2D eigenvalue weighted by atomic mass is 16.6. The highest BCUT2D eigenvalue weighted by molar-refractivity contribution is 5.80. The average molecular weight is 217 g/mol. The minimum absolute atomic E-state index is 0.185. The molecule has 88 valence electrons. The number of carboxylic acids is 1. The summed E-state index contributed by atoms with van der Waals surface area (Å²) in [7, 11) is 0. The zero-order chi connectivity index (χ0) is 12.2. The Bertz CT molecular complexity index is 242. The fraction of sp³-hybridized carbons (Fsp3) is 0.800. The molecule has 0 bridgehead atoms. The van der Waals surface area contributed by atoms with E-state index in [1.807, 2.05) is 0 Å². The van der Waals surface area contributed by atoms with E-state index in [1.54, 1.807) is 34.6 Å². The molecule has 0 aliphatic carbocycles. The van der Waals surface area contributed by atoms with Gasteiger partial charge in [0.2, 0.25) is 0 Å². The SMILES string of the molecule is CC(C)C(NC(=O)OC(C)(C)C)C(=O)O. The van der Waals surface area contributed by atoms with Gasteiger partial charge in [-0.25, -0.2) is 9.59 Å². The molecule has 0 heterocycles. The molecule has 2 N–H and O–H groups in total. The zero-order valence-corrected chi connectivity index (χ0v) is 9.83. The Labute approximate surface area is 89.8 Å². The quantitative estimate of drug-likeness (QED) is 0.753. The van der Waals surface area contributed by atoms with Crippen LogP contribution >= 0.6 is 0 Å². The highest BCUT2D eigenvalue weighted by Gasteiger charge is 2.26. The van der Waals surface area contributed by atoms with Crippen LogP contribution in [0.4, 0.5) is 4.79 Å². The molecule has 0 fully saturated rings. The number of aliphatic carboxylic acids is 1. The fourth-order valence-corrected chi connectivity index (χ4v) is 0.948. The van der Waals surface area contributed by atoms with Gasteiger partial charge in [0.15, 0.2) is 0 Å². The molecule has 1 amide bonds. The van der Waals surface area contributed by atoms with Gasteiger partial charge >= 0.3 is 12.1 Å². The van der Waals surface area contributed by atoms with Gasteiger partial charge < -0.3 is 15.2 Å². The molecule has 0 rings (SSSR count). The standard InChI is InChI=1S/C10H19NO4/c1-6(2)7(8(12)13)11-9(14)15-10(3,4)5/h6-7H,1-5H3,(H,11,14)(H,12,13). The van der Waals surface area contributed by atoms with E-state index in [1.165, 1.54) is 0 Å². The van der Waals surface area contributed by atoms with Crippen LogP contribution < -0.4 is 5.32 Å². The highest BCUT2D eigenvalue weighted by Crippen LogP contribution is 2.08. The molecule has 0 aliphatic rings. The van der Waals surface area contributed by atoms with Gasteiger partial charge in [-0.2, -0.15) is 0 Å². The first kappa shape index (κ1) is 13.7. The predicted molar refractivity (Wildman–Crippen MR) is 55.6 cm³/mol. The lowest BCUT2D eigenvalue weighted by atomic mass is 10.1. The molecule has 15 heavy (non-hydrogen) atoms. The third-order valence-electron chi connectivity index (χ3n) is 1.60. The molecule has 0 spiro atoms. The number of hydrogen-bond acceptors (Lipinski definition) is 3. The number of hydrogen-bond donors (Lipinski definition) is 2. The second kappa shape index (κ2) is 5.00. The number of alkyl carbamates (subject to hydrolysis) is 1. The smallest absolute Gasteiger partial charge is 0.408 e. The minimum Gasteiger partial charge on any atom is -0.480 e. The van der Waals surface area contributed by atoms with E-state index in [4.69, 9.17) is 9.84 Å². The number of carbonyl (C=O) groups is 2. The van der Waals surface area contributed by atoms with Crippen molar-refractivity contribution in [2.45, 2.75) is 46.3 Å². The van der Waals surface area contributed by atoms with Crippen molar-refractivity contribution < 1.29 is 19.4 Å². The molecule has 5 nitrogen and oxygen atoms in total. The van der Waals surface area contributed by atoms with Crippen molar-refractivity contribution in [3.05, 3.63) is 0 Å². The summed E-state index contributed by atoms with van der Waals surface area (Å²) < 4.78 is 4.96. The zero-order valence-electron chi connectivity index (χ0n) is 9.83. The molecule has 0 radical (unpaired) electrons. The van der Waals surface area contributed by atoms with Crippen LogP contribution in [0.1, 0.15) is 34.6 Å². The van der Waals surface area contributed by atoms with E-state index >= 15 is 0 Å². The van der Waals surface area contributed by atoms with E-state index < -0.39 is 23.7 Å². The maximum absolute atomic E-state index is 11.3. The van der Waals surface area contributed by atoms with Crippen molar-refractivity contribution in [2.24, 2.45) is 5.92 Å². The Kier molecular flexibility index (Phi) is 4.58. The number of carboxylic acid groups (broad SMARTS) is 1. The summed E-state index contributed by atoms with van der Waals surface area (Å²) in [6.07, 6.45) is -0.705. The summed E-state index contributed by atoms with van der Waals surface area (Å²) in [5, 5.41) is 11.1. The molecule has 1 unspecified atom stereocenters. The van der Waals surface area contributed by atoms with Gasteiger partial charge in [0.1, 0.15) is 11.6 Å². The lowest BCUT2D eigenvalue weighted by molar-refractivity contribution is -0.140. The van der Waals surface area contributed by atoms with Crippen LogP contribution in [0.15, 0.2) is 0 Å². The molecule has 0 aromatic heterocycles. The van der Waals surface area contributed by atoms with Gasteiger partial charge in [-0.05, 0) is 26.7 Å². The molecule has 0 saturated carbocycles. The van der Waals surface area contributed by atoms with E-state index in [2.05, 4.69) is 5.32 Å². The molecule has 0 saturated heterocycles. The first-order chi connectivity index (χ1) is 6.63. The van der Waals surface area contributed by atoms with Crippen LogP contribution in [-0.4, -0.2) is 28.8 Å². The summed E-state index contributed by atoms with van der Waals surface area (Å²) in [6.45, 7) is 8.60. The fourth-order valence-electron chi connectivity index (χ4n) is 0.948. The number of carbonyl (C=O) groups excluding carboxylic acids is 1. The minimum atomic E-state index is -1.06. The summed E-state index contributed by atoms with van der Waals surface area (Å²) in [5.74, 6) is -1.24. The maximum Gasteiger partial charge on any atom is 0.408 e. The number of amides is 1. The monoisotopic (exact) mass is 217 g/mol. The van der Waals surface area contributed by atoms with Crippen molar-refractivity contribution in [1.82, 2.24) is 5.32 Å². The molecular weight excluding hydrogens is 198 g/mol. The number of nitrogens with one attached hydrogen (secondary N) is 1. The van der Waals surface area contributed by atoms with Crippen LogP contribution in [-0.2, 0) is 9.53 Å². The van der Waals surface area contributed by atoms with Crippen LogP contribution in [0.2, 0.25) is 0 Å². The van der Waals surface area contributed by atoms with Crippen molar-refractivity contribution in [1.29, 1.82) is 0 Å². The number of ether oxygens (including phenoxy) is 1. The van der Waals surface area contributed by atoms with Gasteiger partial charge in [-0.1, -0.05) is 13.8 Å². The molecule has 1 atom stereocenters. The average Bonchev–Trinajstić information content (AvgIpc) is 1.95. The van der Waals surface area contributed by atoms with E-state index in [0.29, 0.717) is 0 Å². The topological polar surface area (TPSA) is 75.6 Å².